The molecule has 0 saturated carbocycles. The minimum atomic E-state index is -3.06. The molecule has 0 spiro atoms. The SMILES string of the molecule is O=C(O)CN(c1cccc(Cl)c1)C1CCS(=O)(=O)C1. The average molecular weight is 304 g/mol. The van der Waals surface area contributed by atoms with E-state index in [0.29, 0.717) is 17.1 Å². The van der Waals surface area contributed by atoms with Gasteiger partial charge in [-0.05, 0) is 24.6 Å². The Morgan fingerprint density at radius 1 is 1.47 bits per heavy atom. The summed E-state index contributed by atoms with van der Waals surface area (Å²) in [5, 5.41) is 9.48. The Morgan fingerprint density at radius 3 is 2.74 bits per heavy atom. The van der Waals surface area contributed by atoms with Crippen LogP contribution in [0.3, 0.4) is 0 Å². The normalized spacial score (nSPS) is 21.2. The summed E-state index contributed by atoms with van der Waals surface area (Å²) < 4.78 is 23.1. The summed E-state index contributed by atoms with van der Waals surface area (Å²) in [5.74, 6) is -0.898. The molecule has 0 radical (unpaired) electrons. The van der Waals surface area contributed by atoms with E-state index < -0.39 is 15.8 Å². The van der Waals surface area contributed by atoms with E-state index >= 15 is 0 Å². The predicted molar refractivity (Wildman–Crippen MR) is 73.5 cm³/mol. The summed E-state index contributed by atoms with van der Waals surface area (Å²) in [6.45, 7) is -0.236. The average Bonchev–Trinajstić information content (AvgIpc) is 2.66. The van der Waals surface area contributed by atoms with E-state index in [1.165, 1.54) is 0 Å². The quantitative estimate of drug-likeness (QED) is 0.910. The first-order chi connectivity index (χ1) is 8.87. The molecule has 1 fully saturated rings. The lowest BCUT2D eigenvalue weighted by atomic mass is 10.2. The fraction of sp³-hybridized carbons (Fsp3) is 0.417. The van der Waals surface area contributed by atoms with Gasteiger partial charge in [-0.2, -0.15) is 0 Å². The summed E-state index contributed by atoms with van der Waals surface area (Å²) in [4.78, 5) is 12.6. The number of anilines is 1. The van der Waals surface area contributed by atoms with E-state index in [2.05, 4.69) is 0 Å². The van der Waals surface area contributed by atoms with Crippen molar-refractivity contribution in [3.05, 3.63) is 29.3 Å². The second-order valence-electron chi connectivity index (χ2n) is 4.56. The van der Waals surface area contributed by atoms with Crippen molar-refractivity contribution in [3.63, 3.8) is 0 Å². The molecule has 0 bridgehead atoms. The number of aliphatic carboxylic acids is 1. The molecule has 0 aliphatic carbocycles. The van der Waals surface area contributed by atoms with Gasteiger partial charge in [-0.15, -0.1) is 0 Å². The zero-order valence-corrected chi connectivity index (χ0v) is 11.7. The van der Waals surface area contributed by atoms with Crippen molar-refractivity contribution >= 4 is 33.1 Å². The van der Waals surface area contributed by atoms with Gasteiger partial charge in [0.25, 0.3) is 0 Å². The third-order valence-electron chi connectivity index (χ3n) is 3.09. The van der Waals surface area contributed by atoms with Gasteiger partial charge in [-0.3, -0.25) is 4.79 Å². The molecule has 1 aromatic rings. The Hall–Kier alpha value is -1.27. The highest BCUT2D eigenvalue weighted by molar-refractivity contribution is 7.91. The number of nitrogens with zero attached hydrogens (tertiary/aromatic N) is 1. The zero-order valence-electron chi connectivity index (χ0n) is 10.1. The lowest BCUT2D eigenvalue weighted by Gasteiger charge is -2.28. The molecule has 0 amide bonds. The number of carbonyl (C=O) groups is 1. The van der Waals surface area contributed by atoms with Crippen molar-refractivity contribution in [1.29, 1.82) is 0 Å². The largest absolute Gasteiger partial charge is 0.480 e. The fourth-order valence-electron chi connectivity index (χ4n) is 2.25. The molecule has 1 aliphatic heterocycles. The Bertz CT molecular complexity index is 587. The Labute approximate surface area is 116 Å². The summed E-state index contributed by atoms with van der Waals surface area (Å²) in [6, 6.07) is 6.49. The van der Waals surface area contributed by atoms with Gasteiger partial charge in [0.1, 0.15) is 6.54 Å². The van der Waals surface area contributed by atoms with Crippen LogP contribution in [0.2, 0.25) is 5.02 Å². The number of benzene rings is 1. The third-order valence-corrected chi connectivity index (χ3v) is 5.08. The maximum atomic E-state index is 11.5. The van der Waals surface area contributed by atoms with Gasteiger partial charge in [-0.1, -0.05) is 17.7 Å². The molecule has 7 heteroatoms. The number of hydrogen-bond donors (Lipinski definition) is 1. The van der Waals surface area contributed by atoms with Gasteiger partial charge in [-0.25, -0.2) is 8.42 Å². The molecule has 2 rings (SSSR count). The number of sulfone groups is 1. The second kappa shape index (κ2) is 5.38. The molecule has 1 saturated heterocycles. The highest BCUT2D eigenvalue weighted by Crippen LogP contribution is 2.26. The lowest BCUT2D eigenvalue weighted by Crippen LogP contribution is -2.40. The molecule has 1 heterocycles. The number of carboxylic acid groups (broad SMARTS) is 1. The van der Waals surface area contributed by atoms with Gasteiger partial charge >= 0.3 is 5.97 Å². The van der Waals surface area contributed by atoms with Gasteiger partial charge in [0.2, 0.25) is 0 Å². The van der Waals surface area contributed by atoms with Crippen LogP contribution < -0.4 is 4.90 Å². The Balaban J connectivity index is 2.29. The molecule has 0 aromatic heterocycles. The van der Waals surface area contributed by atoms with E-state index in [0.717, 1.165) is 0 Å². The monoisotopic (exact) mass is 303 g/mol. The summed E-state index contributed by atoms with van der Waals surface area (Å²) in [6.07, 6.45) is 0.447. The first-order valence-corrected chi connectivity index (χ1v) is 8.02. The molecule has 1 unspecified atom stereocenters. The molecule has 104 valence electrons. The predicted octanol–water partition coefficient (Wildman–Crippen LogP) is 1.42. The summed E-state index contributed by atoms with van der Waals surface area (Å²) >= 11 is 5.90. The molecule has 19 heavy (non-hydrogen) atoms. The van der Waals surface area contributed by atoms with Gasteiger partial charge in [0, 0.05) is 16.8 Å². The highest BCUT2D eigenvalue weighted by atomic mass is 35.5. The van der Waals surface area contributed by atoms with E-state index in [-0.39, 0.29) is 24.1 Å². The van der Waals surface area contributed by atoms with Crippen LogP contribution in [0.4, 0.5) is 5.69 Å². The fourth-order valence-corrected chi connectivity index (χ4v) is 4.17. The minimum absolute atomic E-state index is 0.00715. The van der Waals surface area contributed by atoms with Crippen molar-refractivity contribution in [2.75, 3.05) is 23.0 Å². The second-order valence-corrected chi connectivity index (χ2v) is 7.22. The molecule has 1 N–H and O–H groups in total. The Morgan fingerprint density at radius 2 is 2.21 bits per heavy atom. The maximum Gasteiger partial charge on any atom is 0.323 e. The van der Waals surface area contributed by atoms with Crippen LogP contribution in [0, 0.1) is 0 Å². The molecule has 1 aromatic carbocycles. The molecule has 5 nitrogen and oxygen atoms in total. The Kier molecular flexibility index (Phi) is 4.01. The van der Waals surface area contributed by atoms with Gasteiger partial charge in [0.05, 0.1) is 11.5 Å². The lowest BCUT2D eigenvalue weighted by molar-refractivity contribution is -0.135. The van der Waals surface area contributed by atoms with E-state index in [1.807, 2.05) is 0 Å². The topological polar surface area (TPSA) is 74.7 Å². The molecule has 1 aliphatic rings. The first kappa shape index (κ1) is 14.1. The van der Waals surface area contributed by atoms with Crippen LogP contribution in [0.1, 0.15) is 6.42 Å². The minimum Gasteiger partial charge on any atom is -0.480 e. The van der Waals surface area contributed by atoms with Crippen molar-refractivity contribution in [2.24, 2.45) is 0 Å². The van der Waals surface area contributed by atoms with Crippen LogP contribution >= 0.6 is 11.6 Å². The summed E-state index contributed by atoms with van der Waals surface area (Å²) in [7, 11) is -3.06. The van der Waals surface area contributed by atoms with Crippen molar-refractivity contribution < 1.29 is 18.3 Å². The summed E-state index contributed by atoms with van der Waals surface area (Å²) in [5.41, 5.74) is 0.636. The standard InChI is InChI=1S/C12H14ClNO4S/c13-9-2-1-3-10(6-9)14(7-12(15)16)11-4-5-19(17,18)8-11/h1-3,6,11H,4-5,7-8H2,(H,15,16). The highest BCUT2D eigenvalue weighted by Gasteiger charge is 2.33. The van der Waals surface area contributed by atoms with Gasteiger partial charge in [0.15, 0.2) is 9.84 Å². The first-order valence-electron chi connectivity index (χ1n) is 5.82. The van der Waals surface area contributed by atoms with Crippen LogP contribution in [0.25, 0.3) is 0 Å². The van der Waals surface area contributed by atoms with E-state index in [1.54, 1.807) is 29.2 Å². The number of hydrogen-bond acceptors (Lipinski definition) is 4. The number of rotatable bonds is 4. The smallest absolute Gasteiger partial charge is 0.323 e. The van der Waals surface area contributed by atoms with Crippen LogP contribution in [-0.2, 0) is 14.6 Å². The molecule has 1 atom stereocenters. The van der Waals surface area contributed by atoms with Crippen molar-refractivity contribution in [2.45, 2.75) is 12.5 Å². The zero-order chi connectivity index (χ0) is 14.0. The van der Waals surface area contributed by atoms with Crippen LogP contribution in [0.5, 0.6) is 0 Å². The van der Waals surface area contributed by atoms with Crippen LogP contribution in [0.15, 0.2) is 24.3 Å². The van der Waals surface area contributed by atoms with Crippen molar-refractivity contribution in [1.82, 2.24) is 0 Å². The van der Waals surface area contributed by atoms with Crippen LogP contribution in [-0.4, -0.2) is 43.6 Å². The van der Waals surface area contributed by atoms with Gasteiger partial charge < -0.3 is 10.0 Å². The third kappa shape index (κ3) is 3.61. The van der Waals surface area contributed by atoms with E-state index in [9.17, 15) is 13.2 Å². The van der Waals surface area contributed by atoms with Crippen molar-refractivity contribution in [3.8, 4) is 0 Å². The molecular weight excluding hydrogens is 290 g/mol. The maximum absolute atomic E-state index is 11.5. The number of carboxylic acids is 1. The molecular formula is C12H14ClNO4S. The number of halogens is 1. The van der Waals surface area contributed by atoms with E-state index in [4.69, 9.17) is 16.7 Å².